The van der Waals surface area contributed by atoms with Crippen LogP contribution in [0.2, 0.25) is 0 Å². The number of nitrogens with zero attached hydrogens (tertiary/aromatic N) is 2. The highest BCUT2D eigenvalue weighted by molar-refractivity contribution is 8.01. The van der Waals surface area contributed by atoms with Gasteiger partial charge in [-0.05, 0) is 51.3 Å². The molecule has 1 aliphatic carbocycles. The van der Waals surface area contributed by atoms with Crippen molar-refractivity contribution in [3.63, 3.8) is 0 Å². The van der Waals surface area contributed by atoms with Crippen LogP contribution in [0.15, 0.2) is 24.3 Å². The third kappa shape index (κ3) is 4.47. The Morgan fingerprint density at radius 1 is 1.32 bits per heavy atom. The molecule has 0 bridgehead atoms. The normalized spacial score (nSPS) is 22.8. The van der Waals surface area contributed by atoms with E-state index in [-0.39, 0.29) is 29.0 Å². The second-order valence-corrected chi connectivity index (χ2v) is 9.11. The topological polar surface area (TPSA) is 40.6 Å². The standard InChI is InChI=1S/C20H25F3N2O2S/c1-12(2)24(18(27)14-7-8-14)9-10-25-17(26)13(3)28-19(25)15-5-4-6-16(11-15)20(21,22)23/h4-6,11-14,19H,7-10H2,1-3H3. The molecule has 3 rings (SSSR count). The van der Waals surface area contributed by atoms with Crippen molar-refractivity contribution in [2.24, 2.45) is 5.92 Å². The molecule has 4 nitrogen and oxygen atoms in total. The van der Waals surface area contributed by atoms with E-state index in [1.54, 1.807) is 22.8 Å². The Bertz CT molecular complexity index is 749. The molecule has 1 aromatic rings. The average Bonchev–Trinajstić information content (AvgIpc) is 3.43. The summed E-state index contributed by atoms with van der Waals surface area (Å²) in [5.41, 5.74) is -0.257. The summed E-state index contributed by atoms with van der Waals surface area (Å²) in [5.74, 6) is 0.0946. The number of alkyl halides is 3. The Hall–Kier alpha value is -1.70. The van der Waals surface area contributed by atoms with Gasteiger partial charge in [-0.25, -0.2) is 0 Å². The number of rotatable bonds is 6. The second kappa shape index (κ2) is 7.97. The molecule has 2 amide bonds. The number of thioether (sulfide) groups is 1. The Labute approximate surface area is 167 Å². The molecule has 1 saturated carbocycles. The molecule has 154 valence electrons. The lowest BCUT2D eigenvalue weighted by atomic mass is 10.1. The number of amides is 2. The van der Waals surface area contributed by atoms with Gasteiger partial charge >= 0.3 is 6.18 Å². The van der Waals surface area contributed by atoms with E-state index in [2.05, 4.69) is 0 Å². The minimum Gasteiger partial charge on any atom is -0.338 e. The Morgan fingerprint density at radius 3 is 2.57 bits per heavy atom. The summed E-state index contributed by atoms with van der Waals surface area (Å²) in [6.45, 7) is 6.35. The van der Waals surface area contributed by atoms with Crippen LogP contribution in [0.25, 0.3) is 0 Å². The van der Waals surface area contributed by atoms with Gasteiger partial charge in [0.1, 0.15) is 5.37 Å². The van der Waals surface area contributed by atoms with E-state index < -0.39 is 17.1 Å². The lowest BCUT2D eigenvalue weighted by Crippen LogP contribution is -2.44. The summed E-state index contributed by atoms with van der Waals surface area (Å²) in [6.07, 6.45) is -2.61. The van der Waals surface area contributed by atoms with Gasteiger partial charge in [-0.1, -0.05) is 12.1 Å². The minimum atomic E-state index is -4.43. The van der Waals surface area contributed by atoms with E-state index in [1.807, 2.05) is 13.8 Å². The molecule has 2 unspecified atom stereocenters. The number of halogens is 3. The fourth-order valence-corrected chi connectivity index (χ4v) is 4.73. The maximum Gasteiger partial charge on any atom is 0.416 e. The molecule has 0 aromatic heterocycles. The molecular weight excluding hydrogens is 389 g/mol. The minimum absolute atomic E-state index is 0.0166. The second-order valence-electron chi connectivity index (χ2n) is 7.69. The smallest absolute Gasteiger partial charge is 0.338 e. The van der Waals surface area contributed by atoms with Crippen LogP contribution in [0.4, 0.5) is 13.2 Å². The first-order chi connectivity index (χ1) is 13.1. The predicted octanol–water partition coefficient (Wildman–Crippen LogP) is 4.31. The van der Waals surface area contributed by atoms with E-state index >= 15 is 0 Å². The van der Waals surface area contributed by atoms with Gasteiger partial charge in [0.05, 0.1) is 10.8 Å². The molecule has 1 saturated heterocycles. The summed E-state index contributed by atoms with van der Waals surface area (Å²) in [5, 5.41) is -0.805. The molecule has 1 aliphatic heterocycles. The zero-order valence-electron chi connectivity index (χ0n) is 16.2. The fraction of sp³-hybridized carbons (Fsp3) is 0.600. The Balaban J connectivity index is 1.78. The van der Waals surface area contributed by atoms with Gasteiger partial charge in [0, 0.05) is 25.0 Å². The van der Waals surface area contributed by atoms with Crippen LogP contribution in [0.1, 0.15) is 50.1 Å². The highest BCUT2D eigenvalue weighted by Gasteiger charge is 2.41. The van der Waals surface area contributed by atoms with Gasteiger partial charge in [-0.15, -0.1) is 11.8 Å². The van der Waals surface area contributed by atoms with Crippen LogP contribution in [0.3, 0.4) is 0 Å². The molecule has 8 heteroatoms. The van der Waals surface area contributed by atoms with Crippen molar-refractivity contribution < 1.29 is 22.8 Å². The van der Waals surface area contributed by atoms with Crippen LogP contribution in [-0.4, -0.2) is 46.0 Å². The van der Waals surface area contributed by atoms with Crippen molar-refractivity contribution in [1.82, 2.24) is 9.80 Å². The molecule has 0 spiro atoms. The van der Waals surface area contributed by atoms with Crippen molar-refractivity contribution in [1.29, 1.82) is 0 Å². The van der Waals surface area contributed by atoms with E-state index in [4.69, 9.17) is 0 Å². The van der Waals surface area contributed by atoms with Crippen LogP contribution < -0.4 is 0 Å². The van der Waals surface area contributed by atoms with Gasteiger partial charge in [0.2, 0.25) is 11.8 Å². The predicted molar refractivity (Wildman–Crippen MR) is 103 cm³/mol. The van der Waals surface area contributed by atoms with Gasteiger partial charge < -0.3 is 9.80 Å². The molecular formula is C20H25F3N2O2S. The summed E-state index contributed by atoms with van der Waals surface area (Å²) in [6, 6.07) is 5.17. The van der Waals surface area contributed by atoms with Gasteiger partial charge in [0.25, 0.3) is 0 Å². The van der Waals surface area contributed by atoms with E-state index in [0.717, 1.165) is 25.0 Å². The van der Waals surface area contributed by atoms with Crippen LogP contribution >= 0.6 is 11.8 Å². The van der Waals surface area contributed by atoms with Gasteiger partial charge in [-0.2, -0.15) is 13.2 Å². The van der Waals surface area contributed by atoms with Gasteiger partial charge in [0.15, 0.2) is 0 Å². The molecule has 28 heavy (non-hydrogen) atoms. The number of hydrogen-bond acceptors (Lipinski definition) is 3. The molecule has 2 atom stereocenters. The molecule has 0 N–H and O–H groups in total. The average molecular weight is 414 g/mol. The van der Waals surface area contributed by atoms with Crippen molar-refractivity contribution >= 4 is 23.6 Å². The van der Waals surface area contributed by atoms with Crippen molar-refractivity contribution in [3.8, 4) is 0 Å². The van der Waals surface area contributed by atoms with Crippen molar-refractivity contribution in [2.75, 3.05) is 13.1 Å². The van der Waals surface area contributed by atoms with Crippen LogP contribution in [0.5, 0.6) is 0 Å². The quantitative estimate of drug-likeness (QED) is 0.696. The summed E-state index contributed by atoms with van der Waals surface area (Å²) < 4.78 is 39.3. The highest BCUT2D eigenvalue weighted by Crippen LogP contribution is 2.44. The zero-order valence-corrected chi connectivity index (χ0v) is 17.0. The highest BCUT2D eigenvalue weighted by atomic mass is 32.2. The molecule has 1 aromatic carbocycles. The zero-order chi connectivity index (χ0) is 20.6. The summed E-state index contributed by atoms with van der Waals surface area (Å²) in [4.78, 5) is 28.5. The first-order valence-corrected chi connectivity index (χ1v) is 10.5. The lowest BCUT2D eigenvalue weighted by molar-refractivity contribution is -0.138. The number of benzene rings is 1. The largest absolute Gasteiger partial charge is 0.416 e. The maximum absolute atomic E-state index is 13.1. The first kappa shape index (κ1) is 21.0. The maximum atomic E-state index is 13.1. The number of carbonyl (C=O) groups is 2. The number of carbonyl (C=O) groups excluding carboxylic acids is 2. The van der Waals surface area contributed by atoms with E-state index in [9.17, 15) is 22.8 Å². The Kier molecular flexibility index (Phi) is 5.98. The number of hydrogen-bond donors (Lipinski definition) is 0. The molecule has 2 aliphatic rings. The van der Waals surface area contributed by atoms with Crippen molar-refractivity contribution in [3.05, 3.63) is 35.4 Å². The lowest BCUT2D eigenvalue weighted by Gasteiger charge is -2.31. The van der Waals surface area contributed by atoms with Crippen LogP contribution in [0, 0.1) is 5.92 Å². The molecule has 2 fully saturated rings. The third-order valence-corrected chi connectivity index (χ3v) is 6.56. The molecule has 1 heterocycles. The first-order valence-electron chi connectivity index (χ1n) is 9.53. The monoisotopic (exact) mass is 414 g/mol. The molecule has 0 radical (unpaired) electrons. The van der Waals surface area contributed by atoms with Crippen molar-refractivity contribution in [2.45, 2.75) is 56.5 Å². The summed E-state index contributed by atoms with van der Waals surface area (Å²) >= 11 is 1.35. The summed E-state index contributed by atoms with van der Waals surface area (Å²) in [7, 11) is 0. The van der Waals surface area contributed by atoms with Crippen LogP contribution in [-0.2, 0) is 15.8 Å². The Morgan fingerprint density at radius 2 is 2.00 bits per heavy atom. The van der Waals surface area contributed by atoms with E-state index in [1.165, 1.54) is 17.8 Å². The fourth-order valence-electron chi connectivity index (χ4n) is 3.43. The SMILES string of the molecule is CC1SC(c2cccc(C(F)(F)F)c2)N(CCN(C(=O)C2CC2)C(C)C)C1=O. The van der Waals surface area contributed by atoms with Gasteiger partial charge in [-0.3, -0.25) is 9.59 Å². The van der Waals surface area contributed by atoms with E-state index in [0.29, 0.717) is 18.7 Å². The third-order valence-electron chi connectivity index (χ3n) is 5.16.